The highest BCUT2D eigenvalue weighted by atomic mass is 32.2. The number of phenolic OH excluding ortho intramolecular Hbond substituents is 1. The van der Waals surface area contributed by atoms with Crippen molar-refractivity contribution in [1.82, 2.24) is 25.5 Å². The molecule has 1 aliphatic heterocycles. The molecule has 2 heterocycles. The van der Waals surface area contributed by atoms with E-state index in [1.807, 2.05) is 72.8 Å². The maximum absolute atomic E-state index is 12.6. The zero-order valence-corrected chi connectivity index (χ0v) is 30.0. The Balaban J connectivity index is 1.12. The molecule has 0 aliphatic carbocycles. The van der Waals surface area contributed by atoms with Crippen LogP contribution in [0.4, 0.5) is 0 Å². The number of rotatable bonds is 17. The minimum Gasteiger partial charge on any atom is -0.508 e. The van der Waals surface area contributed by atoms with Crippen LogP contribution in [0.3, 0.4) is 0 Å². The number of ether oxygens (including phenoxy) is 2. The van der Waals surface area contributed by atoms with Crippen molar-refractivity contribution in [3.8, 4) is 22.6 Å². The van der Waals surface area contributed by atoms with Crippen molar-refractivity contribution in [2.24, 2.45) is 0 Å². The molecule has 1 fully saturated rings. The first-order valence-corrected chi connectivity index (χ1v) is 18.7. The Labute approximate surface area is 312 Å². The molecule has 0 radical (unpaired) electrons. The number of carbonyl (C=O) groups is 2. The first-order valence-electron chi connectivity index (χ1n) is 17.7. The number of aliphatic hydroxyl groups is 1. The molecule has 1 aromatic heterocycles. The van der Waals surface area contributed by atoms with Gasteiger partial charge in [0, 0.05) is 37.1 Å². The molecule has 4 N–H and O–H groups in total. The van der Waals surface area contributed by atoms with E-state index in [1.165, 1.54) is 11.8 Å². The second-order valence-corrected chi connectivity index (χ2v) is 13.9. The maximum atomic E-state index is 12.6. The molecule has 4 aromatic carbocycles. The van der Waals surface area contributed by atoms with Crippen LogP contribution in [0.2, 0.25) is 0 Å². The van der Waals surface area contributed by atoms with Crippen LogP contribution >= 0.6 is 11.8 Å². The first kappa shape index (κ1) is 37.7. The van der Waals surface area contributed by atoms with E-state index in [0.29, 0.717) is 36.7 Å². The fourth-order valence-corrected chi connectivity index (χ4v) is 7.10. The van der Waals surface area contributed by atoms with Crippen molar-refractivity contribution in [3.05, 3.63) is 119 Å². The number of nitrogens with zero attached hydrogens (tertiary/aromatic N) is 4. The molecule has 12 nitrogen and oxygen atoms in total. The number of aliphatic carboxylic acids is 1. The lowest BCUT2D eigenvalue weighted by atomic mass is 9.97. The summed E-state index contributed by atoms with van der Waals surface area (Å²) in [6.07, 6.45) is 3.07. The topological polar surface area (TPSA) is 169 Å². The number of benzene rings is 4. The number of nitrogens with one attached hydrogen (secondary N) is 1. The fourth-order valence-electron chi connectivity index (χ4n) is 6.19. The number of aromatic nitrogens is 4. The molecule has 6 rings (SSSR count). The summed E-state index contributed by atoms with van der Waals surface area (Å²) in [6.45, 7) is 0.364. The lowest BCUT2D eigenvalue weighted by Crippen LogP contribution is -2.31. The van der Waals surface area contributed by atoms with Gasteiger partial charge < -0.3 is 30.1 Å². The van der Waals surface area contributed by atoms with E-state index in [9.17, 15) is 19.8 Å². The third kappa shape index (κ3) is 10.5. The predicted octanol–water partition coefficient (Wildman–Crippen LogP) is 6.91. The molecule has 0 spiro atoms. The summed E-state index contributed by atoms with van der Waals surface area (Å²) in [6, 6.07) is 30.5. The van der Waals surface area contributed by atoms with E-state index >= 15 is 0 Å². The van der Waals surface area contributed by atoms with Gasteiger partial charge in [-0.2, -0.15) is 4.68 Å². The summed E-state index contributed by atoms with van der Waals surface area (Å²) in [5, 5.41) is 43.9. The molecule has 276 valence electrons. The summed E-state index contributed by atoms with van der Waals surface area (Å²) in [5.41, 5.74) is 6.42. The second-order valence-electron chi connectivity index (χ2n) is 12.9. The van der Waals surface area contributed by atoms with Gasteiger partial charge in [-0.1, -0.05) is 97.4 Å². The SMILES string of the molecule is O=C(O)CCCCCCC(=O)NCc1ccccc1-c1ccc([C@@H]2O[C@H](CSc3nnnn3-c3ccc(O)cc3)C[C@H](c3ccc(CO)cc3)O2)cc1. The number of aliphatic hydroxyl groups excluding tert-OH is 1. The number of hydrogen-bond donors (Lipinski definition) is 4. The average molecular weight is 738 g/mol. The molecular formula is C40H43N5O7S. The molecule has 1 amide bonds. The highest BCUT2D eigenvalue weighted by Crippen LogP contribution is 2.40. The van der Waals surface area contributed by atoms with E-state index in [-0.39, 0.29) is 36.9 Å². The minimum atomic E-state index is -0.786. The van der Waals surface area contributed by atoms with Crippen LogP contribution in [-0.4, -0.2) is 59.3 Å². The summed E-state index contributed by atoms with van der Waals surface area (Å²) in [4.78, 5) is 23.2. The van der Waals surface area contributed by atoms with Gasteiger partial charge in [-0.3, -0.25) is 9.59 Å². The Morgan fingerprint density at radius 1 is 0.849 bits per heavy atom. The van der Waals surface area contributed by atoms with E-state index in [4.69, 9.17) is 14.6 Å². The third-order valence-electron chi connectivity index (χ3n) is 9.08. The van der Waals surface area contributed by atoms with Crippen molar-refractivity contribution in [2.75, 3.05) is 5.75 Å². The van der Waals surface area contributed by atoms with E-state index < -0.39 is 12.3 Å². The first-order chi connectivity index (χ1) is 25.9. The van der Waals surface area contributed by atoms with Crippen LogP contribution in [0.1, 0.15) is 79.6 Å². The molecule has 3 atom stereocenters. The van der Waals surface area contributed by atoms with Gasteiger partial charge in [-0.15, -0.1) is 5.10 Å². The van der Waals surface area contributed by atoms with Crippen LogP contribution < -0.4 is 5.32 Å². The van der Waals surface area contributed by atoms with Gasteiger partial charge in [0.15, 0.2) is 6.29 Å². The molecule has 1 saturated heterocycles. The van der Waals surface area contributed by atoms with Gasteiger partial charge in [-0.25, -0.2) is 0 Å². The van der Waals surface area contributed by atoms with Crippen LogP contribution in [0.15, 0.2) is 102 Å². The summed E-state index contributed by atoms with van der Waals surface area (Å²) in [7, 11) is 0. The molecule has 1 aliphatic rings. The number of hydrogen-bond acceptors (Lipinski definition) is 10. The van der Waals surface area contributed by atoms with Crippen molar-refractivity contribution < 1.29 is 34.4 Å². The van der Waals surface area contributed by atoms with Crippen LogP contribution in [0.5, 0.6) is 5.75 Å². The largest absolute Gasteiger partial charge is 0.508 e. The Bertz CT molecular complexity index is 1940. The van der Waals surface area contributed by atoms with Gasteiger partial charge in [0.1, 0.15) is 5.75 Å². The smallest absolute Gasteiger partial charge is 0.303 e. The van der Waals surface area contributed by atoms with Crippen molar-refractivity contribution in [2.45, 2.75) is 81.8 Å². The quantitative estimate of drug-likeness (QED) is 0.0578. The van der Waals surface area contributed by atoms with Gasteiger partial charge >= 0.3 is 5.97 Å². The lowest BCUT2D eigenvalue weighted by Gasteiger charge is -2.36. The zero-order valence-electron chi connectivity index (χ0n) is 29.2. The maximum Gasteiger partial charge on any atom is 0.303 e. The van der Waals surface area contributed by atoms with Crippen LogP contribution in [0, 0.1) is 0 Å². The van der Waals surface area contributed by atoms with E-state index in [2.05, 4.69) is 20.8 Å². The number of phenols is 1. The van der Waals surface area contributed by atoms with Crippen molar-refractivity contribution >= 4 is 23.6 Å². The van der Waals surface area contributed by atoms with Gasteiger partial charge in [0.2, 0.25) is 11.1 Å². The molecule has 13 heteroatoms. The number of carboxylic acid groups (broad SMARTS) is 1. The Kier molecular flexibility index (Phi) is 13.2. The van der Waals surface area contributed by atoms with E-state index in [0.717, 1.165) is 58.3 Å². The molecule has 53 heavy (non-hydrogen) atoms. The molecular weight excluding hydrogens is 695 g/mol. The number of thioether (sulfide) groups is 1. The standard InChI is InChI=1S/C40H43N5O7S/c46-25-27-11-13-29(14-12-27)36-23-34(26-53-40-42-43-44-45(40)32-19-21-33(47)22-20-32)51-39(52-36)30-17-15-28(16-18-30)35-8-6-5-7-31(35)24-41-37(48)9-3-1-2-4-10-38(49)50/h5-8,11-22,34,36,39,46-47H,1-4,9-10,23-26H2,(H,41,48)(H,49,50)/t34-,36+,39+/m0/s1. The monoisotopic (exact) mass is 737 g/mol. The average Bonchev–Trinajstić information content (AvgIpc) is 3.66. The zero-order chi connectivity index (χ0) is 37.0. The normalized spacial score (nSPS) is 17.0. The summed E-state index contributed by atoms with van der Waals surface area (Å²) < 4.78 is 14.8. The van der Waals surface area contributed by atoms with E-state index in [1.54, 1.807) is 28.9 Å². The minimum absolute atomic E-state index is 0.0230. The number of carboxylic acids is 1. The van der Waals surface area contributed by atoms with Gasteiger partial charge in [0.25, 0.3) is 0 Å². The number of amides is 1. The Morgan fingerprint density at radius 2 is 1.57 bits per heavy atom. The lowest BCUT2D eigenvalue weighted by molar-refractivity contribution is -0.245. The third-order valence-corrected chi connectivity index (χ3v) is 10.1. The number of aromatic hydroxyl groups is 1. The van der Waals surface area contributed by atoms with Gasteiger partial charge in [-0.05, 0) is 75.4 Å². The second kappa shape index (κ2) is 18.6. The number of tetrazole rings is 1. The Hall–Kier alpha value is -5.08. The number of unbranched alkanes of at least 4 members (excludes halogenated alkanes) is 3. The Morgan fingerprint density at radius 3 is 2.30 bits per heavy atom. The fraction of sp³-hybridized carbons (Fsp3) is 0.325. The predicted molar refractivity (Wildman–Crippen MR) is 199 cm³/mol. The van der Waals surface area contributed by atoms with Crippen molar-refractivity contribution in [3.63, 3.8) is 0 Å². The van der Waals surface area contributed by atoms with Crippen LogP contribution in [-0.2, 0) is 32.2 Å². The molecule has 0 bridgehead atoms. The highest BCUT2D eigenvalue weighted by Gasteiger charge is 2.33. The molecule has 0 saturated carbocycles. The molecule has 5 aromatic rings. The van der Waals surface area contributed by atoms with Crippen molar-refractivity contribution in [1.29, 1.82) is 0 Å². The highest BCUT2D eigenvalue weighted by molar-refractivity contribution is 7.99. The summed E-state index contributed by atoms with van der Waals surface area (Å²) >= 11 is 1.48. The summed E-state index contributed by atoms with van der Waals surface area (Å²) in [5.74, 6) is -0.0887. The number of carbonyl (C=O) groups excluding carboxylic acids is 1. The molecule has 0 unspecified atom stereocenters. The van der Waals surface area contributed by atoms with Gasteiger partial charge in [0.05, 0.1) is 24.5 Å². The van der Waals surface area contributed by atoms with Crippen LogP contribution in [0.25, 0.3) is 16.8 Å².